The van der Waals surface area contributed by atoms with Crippen molar-refractivity contribution in [1.29, 1.82) is 0 Å². The van der Waals surface area contributed by atoms with Crippen molar-refractivity contribution in [3.63, 3.8) is 0 Å². The van der Waals surface area contributed by atoms with Crippen LogP contribution in [-0.2, 0) is 10.0 Å². The molecule has 2 aromatic carbocycles. The minimum absolute atomic E-state index is 0.0763. The summed E-state index contributed by atoms with van der Waals surface area (Å²) >= 11 is 0. The highest BCUT2D eigenvalue weighted by atomic mass is 32.2. The number of benzene rings is 2. The molecule has 3 atom stereocenters. The Kier molecular flexibility index (Phi) is 7.99. The molecule has 0 radical (unpaired) electrons. The van der Waals surface area contributed by atoms with E-state index in [9.17, 15) is 23.1 Å². The van der Waals surface area contributed by atoms with Crippen LogP contribution < -0.4 is 24.8 Å². The summed E-state index contributed by atoms with van der Waals surface area (Å²) in [5.74, 6) is 0.757. The molecule has 13 heteroatoms. The Hall–Kier alpha value is -3.55. The fraction of sp³-hybridized carbons (Fsp3) is 0.440. The molecule has 4 rings (SSSR count). The highest BCUT2D eigenvalue weighted by molar-refractivity contribution is 7.88. The van der Waals surface area contributed by atoms with Gasteiger partial charge in [-0.1, -0.05) is 6.92 Å². The zero-order valence-electron chi connectivity index (χ0n) is 21.6. The third-order valence-corrected chi connectivity index (χ3v) is 7.84. The predicted molar refractivity (Wildman–Crippen MR) is 140 cm³/mol. The van der Waals surface area contributed by atoms with Gasteiger partial charge in [-0.25, -0.2) is 17.5 Å². The van der Waals surface area contributed by atoms with Crippen molar-refractivity contribution in [2.24, 2.45) is 5.92 Å². The van der Waals surface area contributed by atoms with Gasteiger partial charge in [-0.3, -0.25) is 4.79 Å². The lowest BCUT2D eigenvalue weighted by Gasteiger charge is -2.38. The molecule has 0 bridgehead atoms. The maximum absolute atomic E-state index is 13.5. The molecule has 206 valence electrons. The summed E-state index contributed by atoms with van der Waals surface area (Å²) in [5.41, 5.74) is 1.02. The molecule has 12 nitrogen and oxygen atoms in total. The SMILES string of the molecule is C[C@@H]1CN([C@H](C)CO)C(=O)c2cc(NC(=O)Nc3ccc4c(c3)OCO4)ccc2O[C@@H]1CN(C)S(C)(=O)=O. The summed E-state index contributed by atoms with van der Waals surface area (Å²) in [5, 5.41) is 15.2. The van der Waals surface area contributed by atoms with Crippen LogP contribution >= 0.6 is 0 Å². The van der Waals surface area contributed by atoms with Gasteiger partial charge in [0.2, 0.25) is 16.8 Å². The van der Waals surface area contributed by atoms with Gasteiger partial charge >= 0.3 is 6.03 Å². The molecule has 2 aliphatic heterocycles. The molecule has 0 aliphatic carbocycles. The molecule has 0 aromatic heterocycles. The van der Waals surface area contributed by atoms with Crippen LogP contribution in [0.2, 0.25) is 0 Å². The molecule has 0 saturated carbocycles. The maximum atomic E-state index is 13.5. The van der Waals surface area contributed by atoms with Gasteiger partial charge in [0.25, 0.3) is 5.91 Å². The second-order valence-corrected chi connectivity index (χ2v) is 11.6. The first-order valence-electron chi connectivity index (χ1n) is 12.1. The number of hydrogen-bond donors (Lipinski definition) is 3. The van der Waals surface area contributed by atoms with Gasteiger partial charge in [-0.05, 0) is 37.3 Å². The molecule has 2 aliphatic rings. The van der Waals surface area contributed by atoms with Crippen molar-refractivity contribution in [1.82, 2.24) is 9.21 Å². The number of carbonyl (C=O) groups excluding carboxylic acids is 2. The maximum Gasteiger partial charge on any atom is 0.323 e. The molecule has 0 spiro atoms. The van der Waals surface area contributed by atoms with Crippen molar-refractivity contribution in [2.75, 3.05) is 50.4 Å². The lowest BCUT2D eigenvalue weighted by atomic mass is 9.99. The van der Waals surface area contributed by atoms with Crippen LogP contribution in [0.1, 0.15) is 24.2 Å². The number of carbonyl (C=O) groups is 2. The fourth-order valence-corrected chi connectivity index (χ4v) is 4.59. The summed E-state index contributed by atoms with van der Waals surface area (Å²) < 4.78 is 42.0. The molecule has 0 fully saturated rings. The summed E-state index contributed by atoms with van der Waals surface area (Å²) in [7, 11) is -1.99. The quantitative estimate of drug-likeness (QED) is 0.477. The van der Waals surface area contributed by atoms with Crippen molar-refractivity contribution >= 4 is 33.3 Å². The molecular weight excluding hydrogens is 516 g/mol. The van der Waals surface area contributed by atoms with E-state index in [4.69, 9.17) is 14.2 Å². The van der Waals surface area contributed by atoms with Gasteiger partial charge < -0.3 is 34.9 Å². The van der Waals surface area contributed by atoms with Gasteiger partial charge in [-0.2, -0.15) is 0 Å². The molecule has 2 heterocycles. The predicted octanol–water partition coefficient (Wildman–Crippen LogP) is 2.17. The van der Waals surface area contributed by atoms with Crippen LogP contribution in [0.15, 0.2) is 36.4 Å². The van der Waals surface area contributed by atoms with Crippen molar-refractivity contribution in [3.8, 4) is 17.2 Å². The Morgan fingerprint density at radius 3 is 2.42 bits per heavy atom. The third kappa shape index (κ3) is 6.11. The average Bonchev–Trinajstić information content (AvgIpc) is 3.33. The van der Waals surface area contributed by atoms with Gasteiger partial charge in [0.1, 0.15) is 11.9 Å². The van der Waals surface area contributed by atoms with Crippen LogP contribution in [0.25, 0.3) is 0 Å². The monoisotopic (exact) mass is 548 g/mol. The molecule has 0 unspecified atom stereocenters. The minimum atomic E-state index is -3.46. The second-order valence-electron chi connectivity index (χ2n) is 9.52. The normalized spacial score (nSPS) is 19.7. The number of amides is 3. The van der Waals surface area contributed by atoms with Crippen LogP contribution in [0, 0.1) is 5.92 Å². The van der Waals surface area contributed by atoms with E-state index in [0.717, 1.165) is 6.26 Å². The molecule has 38 heavy (non-hydrogen) atoms. The van der Waals surface area contributed by atoms with Crippen molar-refractivity contribution in [2.45, 2.75) is 26.0 Å². The number of likely N-dealkylation sites (N-methyl/N-ethyl adjacent to an activating group) is 1. The van der Waals surface area contributed by atoms with Crippen molar-refractivity contribution < 1.29 is 37.3 Å². The highest BCUT2D eigenvalue weighted by Gasteiger charge is 2.34. The number of nitrogens with zero attached hydrogens (tertiary/aromatic N) is 2. The molecule has 3 N–H and O–H groups in total. The second kappa shape index (κ2) is 11.1. The number of urea groups is 1. The zero-order chi connectivity index (χ0) is 27.6. The topological polar surface area (TPSA) is 147 Å². The Bertz CT molecular complexity index is 1320. The number of hydrogen-bond acceptors (Lipinski definition) is 8. The number of rotatable bonds is 7. The fourth-order valence-electron chi connectivity index (χ4n) is 4.17. The van der Waals surface area contributed by atoms with Gasteiger partial charge in [0.15, 0.2) is 11.5 Å². The van der Waals surface area contributed by atoms with E-state index in [1.54, 1.807) is 37.3 Å². The molecular formula is C25H32N4O8S. The van der Waals surface area contributed by atoms with Gasteiger partial charge in [-0.15, -0.1) is 0 Å². The minimum Gasteiger partial charge on any atom is -0.488 e. The van der Waals surface area contributed by atoms with Gasteiger partial charge in [0.05, 0.1) is 31.0 Å². The Balaban J connectivity index is 1.58. The van der Waals surface area contributed by atoms with Crippen LogP contribution in [-0.4, -0.2) is 86.6 Å². The van der Waals surface area contributed by atoms with E-state index in [0.29, 0.717) is 22.9 Å². The van der Waals surface area contributed by atoms with Gasteiger partial charge in [0, 0.05) is 37.0 Å². The number of anilines is 2. The Morgan fingerprint density at radius 2 is 1.76 bits per heavy atom. The number of nitrogens with one attached hydrogen (secondary N) is 2. The number of fused-ring (bicyclic) bond motifs is 2. The Morgan fingerprint density at radius 1 is 1.13 bits per heavy atom. The number of ether oxygens (including phenoxy) is 3. The molecule has 0 saturated heterocycles. The van der Waals surface area contributed by atoms with Crippen LogP contribution in [0.4, 0.5) is 16.2 Å². The van der Waals surface area contributed by atoms with Crippen LogP contribution in [0.3, 0.4) is 0 Å². The van der Waals surface area contributed by atoms with Crippen molar-refractivity contribution in [3.05, 3.63) is 42.0 Å². The lowest BCUT2D eigenvalue weighted by molar-refractivity contribution is 0.0387. The molecule has 3 amide bonds. The standard InChI is InChI=1S/C25H32N4O8S/c1-15-11-29(16(2)13-30)24(31)19-9-17(5-7-20(19)37-23(15)12-28(3)38(4,33)34)26-25(32)27-18-6-8-21-22(10-18)36-14-35-21/h5-10,15-16,23,30H,11-14H2,1-4H3,(H2,26,27,32)/t15-,16-,23-/m1/s1. The van der Waals surface area contributed by atoms with E-state index in [1.165, 1.54) is 22.3 Å². The Labute approximate surface area is 221 Å². The number of aliphatic hydroxyl groups is 1. The van der Waals surface area contributed by atoms with E-state index in [2.05, 4.69) is 10.6 Å². The largest absolute Gasteiger partial charge is 0.488 e. The van der Waals surface area contributed by atoms with E-state index in [-0.39, 0.29) is 49.6 Å². The highest BCUT2D eigenvalue weighted by Crippen LogP contribution is 2.34. The smallest absolute Gasteiger partial charge is 0.323 e. The zero-order valence-corrected chi connectivity index (χ0v) is 22.4. The average molecular weight is 549 g/mol. The number of sulfonamides is 1. The first-order valence-corrected chi connectivity index (χ1v) is 13.9. The summed E-state index contributed by atoms with van der Waals surface area (Å²) in [6, 6.07) is 8.64. The number of aliphatic hydroxyl groups excluding tert-OH is 1. The third-order valence-electron chi connectivity index (χ3n) is 6.56. The lowest BCUT2D eigenvalue weighted by Crippen LogP contribution is -2.50. The first kappa shape index (κ1) is 27.5. The van der Waals surface area contributed by atoms with Crippen LogP contribution in [0.5, 0.6) is 17.2 Å². The summed E-state index contributed by atoms with van der Waals surface area (Å²) in [6.07, 6.45) is 0.549. The summed E-state index contributed by atoms with van der Waals surface area (Å²) in [6.45, 7) is 3.78. The van der Waals surface area contributed by atoms with E-state index >= 15 is 0 Å². The summed E-state index contributed by atoms with van der Waals surface area (Å²) in [4.78, 5) is 27.7. The first-order chi connectivity index (χ1) is 18.0. The molecule has 2 aromatic rings. The van der Waals surface area contributed by atoms with E-state index in [1.807, 2.05) is 6.92 Å². The van der Waals surface area contributed by atoms with E-state index < -0.39 is 28.2 Å².